The first kappa shape index (κ1) is 29.0. The summed E-state index contributed by atoms with van der Waals surface area (Å²) < 4.78 is 29.6. The van der Waals surface area contributed by atoms with E-state index in [0.29, 0.717) is 56.6 Å². The lowest BCUT2D eigenvalue weighted by Gasteiger charge is -2.21. The van der Waals surface area contributed by atoms with Gasteiger partial charge in [-0.2, -0.15) is 0 Å². The Labute approximate surface area is 248 Å². The van der Waals surface area contributed by atoms with E-state index in [0.717, 1.165) is 5.56 Å². The monoisotopic (exact) mass is 581 g/mol. The number of methoxy groups -OCH3 is 4. The van der Waals surface area contributed by atoms with E-state index >= 15 is 0 Å². The number of hydrogen-bond acceptors (Lipinski definition) is 9. The Bertz CT molecular complexity index is 1840. The van der Waals surface area contributed by atoms with Crippen LogP contribution >= 0.6 is 0 Å². The third kappa shape index (κ3) is 5.42. The van der Waals surface area contributed by atoms with Gasteiger partial charge < -0.3 is 29.4 Å². The van der Waals surface area contributed by atoms with Crippen molar-refractivity contribution in [3.8, 4) is 39.8 Å². The maximum atomic E-state index is 14.3. The smallest absolute Gasteiger partial charge is 0.355 e. The molecule has 0 radical (unpaired) electrons. The highest BCUT2D eigenvalue weighted by molar-refractivity contribution is 6.08. The van der Waals surface area contributed by atoms with Crippen LogP contribution in [-0.4, -0.2) is 44.0 Å². The first-order chi connectivity index (χ1) is 20.8. The van der Waals surface area contributed by atoms with Gasteiger partial charge in [-0.05, 0) is 73.2 Å². The van der Waals surface area contributed by atoms with E-state index in [1.807, 2.05) is 25.1 Å². The van der Waals surface area contributed by atoms with E-state index in [4.69, 9.17) is 29.4 Å². The molecule has 2 N–H and O–H groups in total. The molecule has 5 aromatic rings. The topological polar surface area (TPSA) is 124 Å². The maximum absolute atomic E-state index is 14.3. The van der Waals surface area contributed by atoms with E-state index in [1.54, 1.807) is 68.9 Å². The maximum Gasteiger partial charge on any atom is 0.355 e. The fourth-order valence-corrected chi connectivity index (χ4v) is 5.00. The number of hydrogen-bond donors (Lipinski definition) is 1. The molecular weight excluding hydrogens is 550 g/mol. The molecule has 2 heterocycles. The minimum Gasteiger partial charge on any atom is -0.496 e. The van der Waals surface area contributed by atoms with Gasteiger partial charge in [0.05, 0.1) is 39.5 Å². The lowest BCUT2D eigenvalue weighted by molar-refractivity contribution is 0.0591. The van der Waals surface area contributed by atoms with E-state index in [2.05, 4.69) is 4.98 Å². The van der Waals surface area contributed by atoms with Crippen LogP contribution in [0.2, 0.25) is 0 Å². The number of anilines is 1. The Hall–Kier alpha value is -5.51. The van der Waals surface area contributed by atoms with Gasteiger partial charge in [-0.3, -0.25) is 14.3 Å². The minimum absolute atomic E-state index is 0.00179. The second-order valence-electron chi connectivity index (χ2n) is 9.61. The largest absolute Gasteiger partial charge is 0.496 e. The highest BCUT2D eigenvalue weighted by atomic mass is 16.5. The number of aromatic nitrogens is 2. The van der Waals surface area contributed by atoms with Crippen molar-refractivity contribution in [3.63, 3.8) is 0 Å². The molecule has 0 aliphatic heterocycles. The van der Waals surface area contributed by atoms with E-state index in [9.17, 15) is 9.59 Å². The lowest BCUT2D eigenvalue weighted by atomic mass is 9.94. The highest BCUT2D eigenvalue weighted by Gasteiger charge is 2.28. The summed E-state index contributed by atoms with van der Waals surface area (Å²) in [6.07, 6.45) is 1.67. The van der Waals surface area contributed by atoms with Crippen molar-refractivity contribution < 1.29 is 28.5 Å². The Morgan fingerprint density at radius 2 is 1.49 bits per heavy atom. The van der Waals surface area contributed by atoms with Gasteiger partial charge in [0.2, 0.25) is 0 Å². The Kier molecular flexibility index (Phi) is 8.20. The first-order valence-corrected chi connectivity index (χ1v) is 13.3. The number of nitrogen functional groups attached to an aromatic ring is 1. The summed E-state index contributed by atoms with van der Waals surface area (Å²) in [7, 11) is 5.87. The Morgan fingerprint density at radius 1 is 0.837 bits per heavy atom. The van der Waals surface area contributed by atoms with Gasteiger partial charge in [0.25, 0.3) is 5.56 Å². The van der Waals surface area contributed by atoms with Crippen LogP contribution in [0.15, 0.2) is 77.7 Å². The standard InChI is InChI=1S/C33H31N3O7/c1-19-26(39-2)14-20(15-27(19)40-3)30-24-16-28(41-4)29(43-18-22-8-6-7-13-35-22)17-25(24)32(37)36(31(30)33(38)42-5)23-11-9-21(34)10-12-23/h6-17H,18,34H2,1-5H3. The number of nitrogens with zero attached hydrogens (tertiary/aromatic N) is 2. The van der Waals surface area contributed by atoms with Crippen LogP contribution in [0.25, 0.3) is 27.6 Å². The predicted octanol–water partition coefficient (Wildman–Crippen LogP) is 5.33. The number of nitrogens with two attached hydrogens (primary N) is 1. The van der Waals surface area contributed by atoms with Gasteiger partial charge in [0, 0.05) is 34.1 Å². The van der Waals surface area contributed by atoms with Crippen LogP contribution in [-0.2, 0) is 11.3 Å². The van der Waals surface area contributed by atoms with Gasteiger partial charge in [0.15, 0.2) is 11.5 Å². The molecule has 0 atom stereocenters. The second kappa shape index (κ2) is 12.2. The van der Waals surface area contributed by atoms with Crippen molar-refractivity contribution in [2.75, 3.05) is 34.2 Å². The summed E-state index contributed by atoms with van der Waals surface area (Å²) in [5, 5.41) is 0.710. The van der Waals surface area contributed by atoms with Crippen molar-refractivity contribution in [3.05, 3.63) is 100 Å². The SMILES string of the molecule is COC(=O)c1c(-c2cc(OC)c(C)c(OC)c2)c2cc(OC)c(OCc3ccccn3)cc2c(=O)n1-c1ccc(N)cc1. The average Bonchev–Trinajstić information content (AvgIpc) is 3.04. The summed E-state index contributed by atoms with van der Waals surface area (Å²) >= 11 is 0. The number of carbonyl (C=O) groups excluding carboxylic acids is 1. The third-order valence-electron chi connectivity index (χ3n) is 7.14. The second-order valence-corrected chi connectivity index (χ2v) is 9.61. The number of fused-ring (bicyclic) bond motifs is 1. The number of benzene rings is 3. The van der Waals surface area contributed by atoms with E-state index in [-0.39, 0.29) is 17.7 Å². The molecular formula is C33H31N3O7. The molecule has 3 aromatic carbocycles. The summed E-state index contributed by atoms with van der Waals surface area (Å²) in [6.45, 7) is 2.01. The van der Waals surface area contributed by atoms with Crippen LogP contribution in [0.1, 0.15) is 21.7 Å². The number of esters is 1. The zero-order valence-electron chi connectivity index (χ0n) is 24.5. The highest BCUT2D eigenvalue weighted by Crippen LogP contribution is 2.42. The lowest BCUT2D eigenvalue weighted by Crippen LogP contribution is -2.27. The van der Waals surface area contributed by atoms with Crippen LogP contribution in [0.4, 0.5) is 5.69 Å². The molecule has 2 aromatic heterocycles. The number of ether oxygens (including phenoxy) is 5. The zero-order valence-corrected chi connectivity index (χ0v) is 24.5. The molecule has 10 heteroatoms. The summed E-state index contributed by atoms with van der Waals surface area (Å²) in [4.78, 5) is 32.2. The predicted molar refractivity (Wildman–Crippen MR) is 164 cm³/mol. The van der Waals surface area contributed by atoms with Crippen molar-refractivity contribution >= 4 is 22.4 Å². The van der Waals surface area contributed by atoms with Gasteiger partial charge in [-0.1, -0.05) is 6.07 Å². The molecule has 0 unspecified atom stereocenters. The first-order valence-electron chi connectivity index (χ1n) is 13.3. The molecule has 220 valence electrons. The van der Waals surface area contributed by atoms with Gasteiger partial charge in [0.1, 0.15) is 23.8 Å². The van der Waals surface area contributed by atoms with Crippen molar-refractivity contribution in [2.24, 2.45) is 0 Å². The van der Waals surface area contributed by atoms with Gasteiger partial charge >= 0.3 is 5.97 Å². The molecule has 0 aliphatic rings. The summed E-state index contributed by atoms with van der Waals surface area (Å²) in [6, 6.07) is 19.0. The molecule has 10 nitrogen and oxygen atoms in total. The van der Waals surface area contributed by atoms with E-state index < -0.39 is 11.5 Å². The minimum atomic E-state index is -0.723. The molecule has 43 heavy (non-hydrogen) atoms. The molecule has 0 bridgehead atoms. The van der Waals surface area contributed by atoms with Crippen LogP contribution < -0.4 is 30.2 Å². The molecule has 0 aliphatic carbocycles. The van der Waals surface area contributed by atoms with Gasteiger partial charge in [-0.15, -0.1) is 0 Å². The Balaban J connectivity index is 1.91. The Morgan fingerprint density at radius 3 is 2.07 bits per heavy atom. The van der Waals surface area contributed by atoms with Crippen molar-refractivity contribution in [2.45, 2.75) is 13.5 Å². The van der Waals surface area contributed by atoms with E-state index in [1.165, 1.54) is 18.8 Å². The molecule has 5 rings (SSSR count). The normalized spacial score (nSPS) is 10.8. The number of rotatable bonds is 9. The fraction of sp³-hybridized carbons (Fsp3) is 0.182. The zero-order chi connectivity index (χ0) is 30.7. The van der Waals surface area contributed by atoms with Crippen LogP contribution in [0, 0.1) is 6.92 Å². The quantitative estimate of drug-likeness (QED) is 0.182. The third-order valence-corrected chi connectivity index (χ3v) is 7.14. The van der Waals surface area contributed by atoms with Crippen LogP contribution in [0.5, 0.6) is 23.0 Å². The fourth-order valence-electron chi connectivity index (χ4n) is 5.00. The molecule has 0 spiro atoms. The summed E-state index contributed by atoms with van der Waals surface area (Å²) in [5.41, 5.74) is 8.82. The molecule has 0 fully saturated rings. The number of pyridine rings is 2. The molecule has 0 saturated carbocycles. The average molecular weight is 582 g/mol. The summed E-state index contributed by atoms with van der Waals surface area (Å²) in [5.74, 6) is 1.03. The molecule has 0 amide bonds. The molecule has 0 saturated heterocycles. The van der Waals surface area contributed by atoms with Crippen LogP contribution in [0.3, 0.4) is 0 Å². The van der Waals surface area contributed by atoms with Crippen molar-refractivity contribution in [1.82, 2.24) is 9.55 Å². The van der Waals surface area contributed by atoms with Gasteiger partial charge in [-0.25, -0.2) is 4.79 Å². The number of carbonyl (C=O) groups is 1. The van der Waals surface area contributed by atoms with Crippen molar-refractivity contribution in [1.29, 1.82) is 0 Å².